The lowest BCUT2D eigenvalue weighted by Gasteiger charge is -2.30. The van der Waals surface area contributed by atoms with Crippen LogP contribution in [0.3, 0.4) is 0 Å². The third kappa shape index (κ3) is 4.92. The summed E-state index contributed by atoms with van der Waals surface area (Å²) in [6.45, 7) is 4.76. The van der Waals surface area contributed by atoms with E-state index in [-0.39, 0.29) is 5.41 Å². The molecule has 0 spiro atoms. The van der Waals surface area contributed by atoms with Crippen molar-refractivity contribution in [1.29, 1.82) is 0 Å². The van der Waals surface area contributed by atoms with E-state index < -0.39 is 0 Å². The van der Waals surface area contributed by atoms with Gasteiger partial charge in [-0.05, 0) is 115 Å². The molecular formula is C53H37NS. The molecule has 1 aliphatic carbocycles. The van der Waals surface area contributed by atoms with E-state index in [9.17, 15) is 0 Å². The van der Waals surface area contributed by atoms with Crippen LogP contribution in [0.15, 0.2) is 188 Å². The van der Waals surface area contributed by atoms with Gasteiger partial charge in [-0.1, -0.05) is 153 Å². The third-order valence-electron chi connectivity index (χ3n) is 11.8. The minimum Gasteiger partial charge on any atom is -0.310 e. The first-order valence-electron chi connectivity index (χ1n) is 19.1. The van der Waals surface area contributed by atoms with E-state index in [1.54, 1.807) is 0 Å². The van der Waals surface area contributed by atoms with E-state index in [1.807, 2.05) is 11.3 Å². The Morgan fingerprint density at radius 3 is 1.96 bits per heavy atom. The fourth-order valence-corrected chi connectivity index (χ4v) is 10.4. The van der Waals surface area contributed by atoms with Gasteiger partial charge < -0.3 is 4.90 Å². The number of benzene rings is 9. The number of thiophene rings is 1. The highest BCUT2D eigenvalue weighted by Crippen LogP contribution is 2.55. The van der Waals surface area contributed by atoms with Crippen molar-refractivity contribution in [3.63, 3.8) is 0 Å². The average molecular weight is 720 g/mol. The second kappa shape index (κ2) is 12.3. The van der Waals surface area contributed by atoms with Gasteiger partial charge in [0.25, 0.3) is 0 Å². The highest BCUT2D eigenvalue weighted by molar-refractivity contribution is 7.26. The molecule has 55 heavy (non-hydrogen) atoms. The number of anilines is 3. The number of nitrogens with zero attached hydrogens (tertiary/aromatic N) is 1. The zero-order valence-corrected chi connectivity index (χ0v) is 31.6. The summed E-state index contributed by atoms with van der Waals surface area (Å²) < 4.78 is 2.58. The Hall–Kier alpha value is -6.48. The summed E-state index contributed by atoms with van der Waals surface area (Å²) >= 11 is 1.89. The lowest BCUT2D eigenvalue weighted by Crippen LogP contribution is -2.17. The van der Waals surface area contributed by atoms with Gasteiger partial charge in [0.2, 0.25) is 0 Å². The van der Waals surface area contributed by atoms with Gasteiger partial charge in [-0.3, -0.25) is 0 Å². The van der Waals surface area contributed by atoms with Gasteiger partial charge in [-0.15, -0.1) is 11.3 Å². The van der Waals surface area contributed by atoms with Crippen molar-refractivity contribution in [3.05, 3.63) is 199 Å². The molecule has 1 nitrogen and oxygen atoms in total. The zero-order valence-electron chi connectivity index (χ0n) is 30.8. The molecule has 0 radical (unpaired) electrons. The third-order valence-corrected chi connectivity index (χ3v) is 12.9. The van der Waals surface area contributed by atoms with Crippen molar-refractivity contribution in [2.45, 2.75) is 19.3 Å². The zero-order chi connectivity index (χ0) is 36.7. The van der Waals surface area contributed by atoms with Gasteiger partial charge in [0.15, 0.2) is 0 Å². The maximum absolute atomic E-state index is 2.49. The Labute approximate surface area is 325 Å². The fraction of sp³-hybridized carbons (Fsp3) is 0.0566. The summed E-state index contributed by atoms with van der Waals surface area (Å²) in [6, 6.07) is 69.6. The van der Waals surface area contributed by atoms with Crippen LogP contribution >= 0.6 is 11.3 Å². The molecule has 2 heteroatoms. The van der Waals surface area contributed by atoms with Crippen LogP contribution in [0.1, 0.15) is 25.0 Å². The standard InChI is InChI=1S/C53H37NS/c1-53(2)46-25-14-13-24-42(46)51-45(34-16-5-3-6-17-34)32-38(33-47(51)53)54(37-19-7-4-8-20-37)48-26-15-27-49-52(48)43-29-28-36(31-50(43)55-49)44-30-35-18-9-10-21-39(35)40-22-11-12-23-41(40)44/h3-33H,1-2H3. The van der Waals surface area contributed by atoms with E-state index >= 15 is 0 Å². The van der Waals surface area contributed by atoms with E-state index in [0.29, 0.717) is 0 Å². The summed E-state index contributed by atoms with van der Waals surface area (Å²) in [5, 5.41) is 7.71. The maximum Gasteiger partial charge on any atom is 0.0554 e. The van der Waals surface area contributed by atoms with Gasteiger partial charge in [0.05, 0.1) is 5.69 Å². The second-order valence-corrected chi connectivity index (χ2v) is 16.4. The second-order valence-electron chi connectivity index (χ2n) is 15.3. The summed E-state index contributed by atoms with van der Waals surface area (Å²) in [6.07, 6.45) is 0. The monoisotopic (exact) mass is 719 g/mol. The Kier molecular flexibility index (Phi) is 7.14. The molecule has 1 aliphatic rings. The van der Waals surface area contributed by atoms with Crippen LogP contribution in [0.2, 0.25) is 0 Å². The van der Waals surface area contributed by atoms with Crippen LogP contribution in [0.5, 0.6) is 0 Å². The first-order chi connectivity index (χ1) is 27.0. The highest BCUT2D eigenvalue weighted by Gasteiger charge is 2.38. The van der Waals surface area contributed by atoms with Crippen LogP contribution in [0.25, 0.3) is 75.1 Å². The van der Waals surface area contributed by atoms with E-state index in [1.165, 1.54) is 91.9 Å². The molecule has 0 N–H and O–H groups in total. The molecule has 0 saturated carbocycles. The molecule has 11 rings (SSSR count). The molecule has 0 bridgehead atoms. The number of para-hydroxylation sites is 1. The van der Waals surface area contributed by atoms with Crippen molar-refractivity contribution in [2.24, 2.45) is 0 Å². The first-order valence-corrected chi connectivity index (χ1v) is 19.9. The van der Waals surface area contributed by atoms with Crippen molar-refractivity contribution in [3.8, 4) is 33.4 Å². The molecular weight excluding hydrogens is 683 g/mol. The smallest absolute Gasteiger partial charge is 0.0554 e. The normalized spacial score (nSPS) is 13.1. The van der Waals surface area contributed by atoms with E-state index in [0.717, 1.165) is 11.4 Å². The van der Waals surface area contributed by atoms with Crippen molar-refractivity contribution in [2.75, 3.05) is 4.90 Å². The SMILES string of the molecule is CC1(C)c2ccccc2-c2c(-c3ccccc3)cc(N(c3ccccc3)c3cccc4sc5cc(-c6cc7ccccc7c7ccccc67)ccc5c34)cc21. The summed E-state index contributed by atoms with van der Waals surface area (Å²) in [5.41, 5.74) is 13.8. The molecule has 10 aromatic rings. The topological polar surface area (TPSA) is 3.24 Å². The molecule has 9 aromatic carbocycles. The molecule has 0 aliphatic heterocycles. The molecule has 260 valence electrons. The van der Waals surface area contributed by atoms with E-state index in [2.05, 4.69) is 207 Å². The Bertz CT molecular complexity index is 3120. The van der Waals surface area contributed by atoms with Crippen LogP contribution in [0.4, 0.5) is 17.1 Å². The van der Waals surface area contributed by atoms with Crippen molar-refractivity contribution in [1.82, 2.24) is 0 Å². The summed E-state index contributed by atoms with van der Waals surface area (Å²) in [7, 11) is 0. The van der Waals surface area contributed by atoms with Gasteiger partial charge in [0, 0.05) is 37.0 Å². The first kappa shape index (κ1) is 32.0. The average Bonchev–Trinajstić information content (AvgIpc) is 3.73. The fourth-order valence-electron chi connectivity index (χ4n) is 9.23. The highest BCUT2D eigenvalue weighted by atomic mass is 32.1. The van der Waals surface area contributed by atoms with Crippen LogP contribution < -0.4 is 4.90 Å². The minimum atomic E-state index is -0.155. The van der Waals surface area contributed by atoms with Gasteiger partial charge >= 0.3 is 0 Å². The molecule has 1 aromatic heterocycles. The van der Waals surface area contributed by atoms with Crippen LogP contribution in [-0.4, -0.2) is 0 Å². The number of hydrogen-bond donors (Lipinski definition) is 0. The quantitative estimate of drug-likeness (QED) is 0.160. The molecule has 0 amide bonds. The number of hydrogen-bond acceptors (Lipinski definition) is 2. The van der Waals surface area contributed by atoms with Crippen LogP contribution in [0, 0.1) is 0 Å². The van der Waals surface area contributed by atoms with Gasteiger partial charge in [0.1, 0.15) is 0 Å². The Balaban J connectivity index is 1.15. The minimum absolute atomic E-state index is 0.155. The maximum atomic E-state index is 2.49. The molecule has 0 unspecified atom stereocenters. The predicted octanol–water partition coefficient (Wildman–Crippen LogP) is 15.5. The predicted molar refractivity (Wildman–Crippen MR) is 237 cm³/mol. The summed E-state index contributed by atoms with van der Waals surface area (Å²) in [4.78, 5) is 2.49. The molecule has 0 fully saturated rings. The molecule has 0 saturated heterocycles. The van der Waals surface area contributed by atoms with Crippen molar-refractivity contribution >= 4 is 70.1 Å². The lowest BCUT2D eigenvalue weighted by atomic mass is 9.81. The van der Waals surface area contributed by atoms with Crippen LogP contribution in [-0.2, 0) is 5.41 Å². The summed E-state index contributed by atoms with van der Waals surface area (Å²) in [5.74, 6) is 0. The largest absolute Gasteiger partial charge is 0.310 e. The molecule has 0 atom stereocenters. The Morgan fingerprint density at radius 1 is 0.418 bits per heavy atom. The van der Waals surface area contributed by atoms with E-state index in [4.69, 9.17) is 0 Å². The van der Waals surface area contributed by atoms with Gasteiger partial charge in [-0.2, -0.15) is 0 Å². The lowest BCUT2D eigenvalue weighted by molar-refractivity contribution is 0.660. The van der Waals surface area contributed by atoms with Crippen molar-refractivity contribution < 1.29 is 0 Å². The van der Waals surface area contributed by atoms with Gasteiger partial charge in [-0.25, -0.2) is 0 Å². The number of fused-ring (bicyclic) bond motifs is 9. The molecule has 1 heterocycles. The Morgan fingerprint density at radius 2 is 1.13 bits per heavy atom. The number of rotatable bonds is 5.